The Kier molecular flexibility index (Phi) is 10.5. The zero-order valence-electron chi connectivity index (χ0n) is 28.4. The molecule has 3 aromatic carbocycles. The number of rotatable bonds is 8. The van der Waals surface area contributed by atoms with Gasteiger partial charge in [0.2, 0.25) is 0 Å². The molecule has 46 heavy (non-hydrogen) atoms. The van der Waals surface area contributed by atoms with Crippen molar-refractivity contribution in [3.8, 4) is 22.6 Å². The fraction of sp³-hybridized carbons (Fsp3) is 0.366. The molecule has 1 radical (unpaired) electrons. The van der Waals surface area contributed by atoms with E-state index in [1.807, 2.05) is 72.0 Å². The molecule has 0 saturated heterocycles. The number of para-hydroxylation sites is 1. The maximum atomic E-state index is 12.2. The molecule has 4 nitrogen and oxygen atoms in total. The normalized spacial score (nSPS) is 13.9. The summed E-state index contributed by atoms with van der Waals surface area (Å²) in [5.74, 6) is 1.25. The van der Waals surface area contributed by atoms with Crippen molar-refractivity contribution < 1.29 is 34.4 Å². The summed E-state index contributed by atoms with van der Waals surface area (Å²) in [4.78, 5) is 16.9. The molecule has 0 bridgehead atoms. The van der Waals surface area contributed by atoms with Gasteiger partial charge in [-0.1, -0.05) is 109 Å². The molecule has 5 aromatic rings. The first kappa shape index (κ1) is 35.3. The molecule has 0 spiro atoms. The van der Waals surface area contributed by atoms with Crippen molar-refractivity contribution in [3.05, 3.63) is 102 Å². The van der Waals surface area contributed by atoms with Gasteiger partial charge in [-0.15, -0.1) is 29.3 Å². The van der Waals surface area contributed by atoms with Crippen LogP contribution >= 0.6 is 0 Å². The molecule has 1 aliphatic rings. The number of aliphatic hydroxyl groups excluding tert-OH is 1. The van der Waals surface area contributed by atoms with Crippen LogP contribution in [0, 0.1) is 16.9 Å². The van der Waals surface area contributed by atoms with Crippen LogP contribution in [-0.4, -0.2) is 15.9 Å². The maximum Gasteiger partial charge on any atom is 0.164 e. The van der Waals surface area contributed by atoms with Gasteiger partial charge < -0.3 is 14.5 Å². The molecule has 2 aromatic heterocycles. The molecule has 6 rings (SSSR count). The van der Waals surface area contributed by atoms with E-state index in [2.05, 4.69) is 62.4 Å². The second kappa shape index (κ2) is 13.7. The van der Waals surface area contributed by atoms with Crippen LogP contribution < -0.4 is 0 Å². The third kappa shape index (κ3) is 6.12. The van der Waals surface area contributed by atoms with E-state index in [1.165, 1.54) is 28.0 Å². The standard InChI is InChI=1S/C26H18NO.C15H28O2.Ir/c1-26(2)20-12-7-11-18(21-14-16-8-3-4-9-17(16)15-27-21)23(20)25-24(26)19-10-5-6-13-22(19)28-25;1-7-14(5,8-2)12(16)11-13(17)15(6,9-3)10-4;/h3-10,12-15H,1-2H3;11,16H,7-10H2,1-6H3;/q-1;;/b;12-11-;. The molecule has 5 heteroatoms. The molecule has 0 saturated carbocycles. The van der Waals surface area contributed by atoms with E-state index in [0.29, 0.717) is 0 Å². The Morgan fingerprint density at radius 2 is 1.52 bits per heavy atom. The van der Waals surface area contributed by atoms with E-state index in [-0.39, 0.29) is 47.9 Å². The van der Waals surface area contributed by atoms with Crippen molar-refractivity contribution in [1.82, 2.24) is 4.98 Å². The number of aromatic nitrogens is 1. The third-order valence-electron chi connectivity index (χ3n) is 10.6. The quantitative estimate of drug-likeness (QED) is 0.0966. The molecular formula is C41H46IrNO3-. The number of aliphatic hydroxyl groups is 1. The van der Waals surface area contributed by atoms with Crippen molar-refractivity contribution in [1.29, 1.82) is 0 Å². The maximum absolute atomic E-state index is 12.2. The minimum atomic E-state index is -0.337. The number of pyridine rings is 1. The van der Waals surface area contributed by atoms with Gasteiger partial charge in [0.15, 0.2) is 5.78 Å². The third-order valence-corrected chi connectivity index (χ3v) is 10.6. The first-order valence-corrected chi connectivity index (χ1v) is 16.3. The number of benzene rings is 3. The summed E-state index contributed by atoms with van der Waals surface area (Å²) in [5.41, 5.74) is 5.81. The Labute approximate surface area is 287 Å². The average Bonchev–Trinajstić information content (AvgIpc) is 3.57. The molecular weight excluding hydrogens is 747 g/mol. The Morgan fingerprint density at radius 1 is 0.913 bits per heavy atom. The first-order chi connectivity index (χ1) is 21.4. The minimum absolute atomic E-state index is 0. The van der Waals surface area contributed by atoms with Crippen LogP contribution in [-0.2, 0) is 30.3 Å². The van der Waals surface area contributed by atoms with Gasteiger partial charge in [-0.3, -0.25) is 4.79 Å². The fourth-order valence-corrected chi connectivity index (χ4v) is 6.34. The number of carbonyl (C=O) groups excluding carboxylic acids is 1. The summed E-state index contributed by atoms with van der Waals surface area (Å²) in [6, 6.07) is 26.4. The zero-order chi connectivity index (χ0) is 32.6. The zero-order valence-corrected chi connectivity index (χ0v) is 30.8. The predicted molar refractivity (Wildman–Crippen MR) is 186 cm³/mol. The van der Waals surface area contributed by atoms with Gasteiger partial charge in [0.05, 0.1) is 5.76 Å². The first-order valence-electron chi connectivity index (χ1n) is 16.3. The van der Waals surface area contributed by atoms with Crippen LogP contribution in [0.2, 0.25) is 0 Å². The van der Waals surface area contributed by atoms with Crippen LogP contribution in [0.25, 0.3) is 44.3 Å². The van der Waals surface area contributed by atoms with Crippen LogP contribution in [0.4, 0.5) is 0 Å². The van der Waals surface area contributed by atoms with E-state index in [0.717, 1.165) is 59.2 Å². The second-order valence-corrected chi connectivity index (χ2v) is 13.4. The number of allylic oxidation sites excluding steroid dienone is 2. The summed E-state index contributed by atoms with van der Waals surface area (Å²) in [7, 11) is 0. The summed E-state index contributed by atoms with van der Waals surface area (Å²) in [5, 5.41) is 13.6. The number of ketones is 1. The second-order valence-electron chi connectivity index (χ2n) is 13.4. The largest absolute Gasteiger partial charge is 0.512 e. The smallest absolute Gasteiger partial charge is 0.164 e. The van der Waals surface area contributed by atoms with E-state index in [4.69, 9.17) is 9.40 Å². The van der Waals surface area contributed by atoms with Crippen molar-refractivity contribution in [2.45, 2.75) is 86.5 Å². The summed E-state index contributed by atoms with van der Waals surface area (Å²) < 4.78 is 6.37. The molecule has 0 aliphatic heterocycles. The molecule has 243 valence electrons. The van der Waals surface area contributed by atoms with Crippen molar-refractivity contribution >= 4 is 27.5 Å². The molecule has 1 aliphatic carbocycles. The number of carbonyl (C=O) groups is 1. The minimum Gasteiger partial charge on any atom is -0.512 e. The topological polar surface area (TPSA) is 63.3 Å². The van der Waals surface area contributed by atoms with E-state index < -0.39 is 0 Å². The Bertz CT molecular complexity index is 1890. The predicted octanol–water partition coefficient (Wildman–Crippen LogP) is 11.4. The van der Waals surface area contributed by atoms with Crippen molar-refractivity contribution in [2.75, 3.05) is 0 Å². The molecule has 2 heterocycles. The van der Waals surface area contributed by atoms with Gasteiger partial charge in [-0.2, -0.15) is 0 Å². The van der Waals surface area contributed by atoms with Gasteiger partial charge in [0, 0.05) is 59.6 Å². The van der Waals surface area contributed by atoms with E-state index >= 15 is 0 Å². The average molecular weight is 793 g/mol. The van der Waals surface area contributed by atoms with Crippen LogP contribution in [0.1, 0.15) is 92.2 Å². The molecule has 0 unspecified atom stereocenters. The fourth-order valence-electron chi connectivity index (χ4n) is 6.34. The van der Waals surface area contributed by atoms with Crippen molar-refractivity contribution in [2.24, 2.45) is 10.8 Å². The van der Waals surface area contributed by atoms with Gasteiger partial charge in [0.25, 0.3) is 0 Å². The van der Waals surface area contributed by atoms with E-state index in [9.17, 15) is 9.90 Å². The number of hydrogen-bond donors (Lipinski definition) is 1. The molecule has 1 N–H and O–H groups in total. The monoisotopic (exact) mass is 793 g/mol. The van der Waals surface area contributed by atoms with Gasteiger partial charge >= 0.3 is 0 Å². The number of fused-ring (bicyclic) bond motifs is 6. The van der Waals surface area contributed by atoms with Crippen LogP contribution in [0.15, 0.2) is 89.2 Å². The summed E-state index contributed by atoms with van der Waals surface area (Å²) >= 11 is 0. The SMILES string of the molecule is CC1(C)c2cc[c-]c(-c3cc4ccccc4cn3)c2-c2oc3ccccc3c21.CCC(C)(CC)C(=O)/C=C(\O)C(C)(CC)CC.[Ir]. The van der Waals surface area contributed by atoms with Crippen molar-refractivity contribution in [3.63, 3.8) is 0 Å². The Morgan fingerprint density at radius 3 is 2.17 bits per heavy atom. The summed E-state index contributed by atoms with van der Waals surface area (Å²) in [6.45, 7) is 16.6. The van der Waals surface area contributed by atoms with Crippen LogP contribution in [0.3, 0.4) is 0 Å². The van der Waals surface area contributed by atoms with E-state index in [1.54, 1.807) is 0 Å². The van der Waals surface area contributed by atoms with Gasteiger partial charge in [0.1, 0.15) is 11.3 Å². The number of nitrogens with zero attached hydrogens (tertiary/aromatic N) is 1. The van der Waals surface area contributed by atoms with Gasteiger partial charge in [-0.05, 0) is 48.2 Å². The van der Waals surface area contributed by atoms with Crippen LogP contribution in [0.5, 0.6) is 0 Å². The number of hydrogen-bond acceptors (Lipinski definition) is 4. The van der Waals surface area contributed by atoms with Gasteiger partial charge in [-0.25, -0.2) is 0 Å². The Hall–Kier alpha value is -3.53. The molecule has 0 amide bonds. The molecule has 0 fully saturated rings. The summed E-state index contributed by atoms with van der Waals surface area (Å²) in [6.07, 6.45) is 6.70. The molecule has 0 atom stereocenters. The number of furan rings is 1. The Balaban J connectivity index is 0.000000234.